The fraction of sp³-hybridized carbons (Fsp3) is 1.00. The highest BCUT2D eigenvalue weighted by molar-refractivity contribution is 7.94. The van der Waals surface area contributed by atoms with Crippen LogP contribution in [0.2, 0.25) is 0 Å². The number of hydrogen-bond acceptors (Lipinski definition) is 2. The summed E-state index contributed by atoms with van der Waals surface area (Å²) in [5.41, 5.74) is 0. The van der Waals surface area contributed by atoms with E-state index in [4.69, 9.17) is 0 Å². The number of rotatable bonds is 6. The average molecular weight is 211 g/mol. The Morgan fingerprint density at radius 3 is 1.83 bits per heavy atom. The number of hydrogen-bond donors (Lipinski definition) is 1. The number of sulfonamides is 1. The third kappa shape index (κ3) is 7.01. The maximum atomic E-state index is 10.9. The van der Waals surface area contributed by atoms with Gasteiger partial charge in [-0.3, -0.25) is 0 Å². The van der Waals surface area contributed by atoms with Crippen LogP contribution in [0.3, 0.4) is 0 Å². The van der Waals surface area contributed by atoms with Crippen molar-refractivity contribution in [2.75, 3.05) is 18.6 Å². The molecular formula is C7H18NO2PS. The summed E-state index contributed by atoms with van der Waals surface area (Å²) in [5, 5.41) is 0. The van der Waals surface area contributed by atoms with Gasteiger partial charge in [0.2, 0.25) is 10.0 Å². The maximum Gasteiger partial charge on any atom is 0.212 e. The minimum absolute atomic E-state index is 0.487. The molecule has 0 heterocycles. The summed E-state index contributed by atoms with van der Waals surface area (Å²) in [6.45, 7) is 4.16. The lowest BCUT2D eigenvalue weighted by Crippen LogP contribution is -2.18. The molecule has 0 bridgehead atoms. The van der Waals surface area contributed by atoms with Crippen LogP contribution in [0.4, 0.5) is 0 Å². The van der Waals surface area contributed by atoms with E-state index in [1.54, 1.807) is 0 Å². The van der Waals surface area contributed by atoms with Crippen molar-refractivity contribution in [1.29, 1.82) is 0 Å². The molecule has 0 radical (unpaired) electrons. The van der Waals surface area contributed by atoms with Crippen molar-refractivity contribution in [3.63, 3.8) is 0 Å². The standard InChI is InChI=1S/C7H18NO2PS/c1-4-6-11(7-5-2)8-12(3,9)10/h8H,4-7H2,1-3H3. The first kappa shape index (κ1) is 12.3. The van der Waals surface area contributed by atoms with Gasteiger partial charge >= 0.3 is 0 Å². The molecule has 3 nitrogen and oxygen atoms in total. The van der Waals surface area contributed by atoms with E-state index >= 15 is 0 Å². The van der Waals surface area contributed by atoms with Crippen molar-refractivity contribution in [3.05, 3.63) is 0 Å². The van der Waals surface area contributed by atoms with Crippen LogP contribution in [0.5, 0.6) is 0 Å². The molecule has 0 atom stereocenters. The zero-order valence-electron chi connectivity index (χ0n) is 8.00. The topological polar surface area (TPSA) is 46.2 Å². The van der Waals surface area contributed by atoms with Crippen LogP contribution in [0.15, 0.2) is 0 Å². The molecule has 12 heavy (non-hydrogen) atoms. The van der Waals surface area contributed by atoms with E-state index in [9.17, 15) is 8.42 Å². The largest absolute Gasteiger partial charge is 0.212 e. The van der Waals surface area contributed by atoms with Crippen molar-refractivity contribution in [2.24, 2.45) is 0 Å². The third-order valence-corrected chi connectivity index (χ3v) is 5.62. The molecule has 0 aliphatic heterocycles. The van der Waals surface area contributed by atoms with Crippen molar-refractivity contribution in [2.45, 2.75) is 26.7 Å². The minimum Gasteiger partial charge on any atom is -0.212 e. The summed E-state index contributed by atoms with van der Waals surface area (Å²) in [6.07, 6.45) is 5.32. The van der Waals surface area contributed by atoms with Gasteiger partial charge < -0.3 is 0 Å². The molecule has 0 amide bonds. The minimum atomic E-state index is -2.99. The molecule has 0 saturated heterocycles. The summed E-state index contributed by atoms with van der Waals surface area (Å²) < 4.78 is 24.5. The normalized spacial score (nSPS) is 12.3. The van der Waals surface area contributed by atoms with Gasteiger partial charge in [-0.1, -0.05) is 26.7 Å². The molecule has 0 saturated carbocycles. The molecule has 0 aromatic heterocycles. The van der Waals surface area contributed by atoms with Gasteiger partial charge in [0.25, 0.3) is 0 Å². The first-order chi connectivity index (χ1) is 5.49. The fourth-order valence-corrected chi connectivity index (χ4v) is 4.89. The number of nitrogens with one attached hydrogen (secondary N) is 1. The van der Waals surface area contributed by atoms with E-state index in [2.05, 4.69) is 18.3 Å². The zero-order valence-corrected chi connectivity index (χ0v) is 9.71. The fourth-order valence-electron chi connectivity index (χ4n) is 0.977. The van der Waals surface area contributed by atoms with Gasteiger partial charge in [-0.2, -0.15) is 4.49 Å². The smallest absolute Gasteiger partial charge is 0.212 e. The summed E-state index contributed by atoms with van der Waals surface area (Å²) in [7, 11) is -3.48. The highest BCUT2D eigenvalue weighted by Gasteiger charge is 2.10. The first-order valence-electron chi connectivity index (χ1n) is 4.22. The lowest BCUT2D eigenvalue weighted by Gasteiger charge is -2.15. The molecule has 0 aromatic carbocycles. The highest BCUT2D eigenvalue weighted by atomic mass is 32.2. The van der Waals surface area contributed by atoms with E-state index < -0.39 is 18.1 Å². The Hall–Kier alpha value is 0.340. The molecule has 0 aliphatic rings. The van der Waals surface area contributed by atoms with E-state index in [0.29, 0.717) is 0 Å². The van der Waals surface area contributed by atoms with E-state index in [-0.39, 0.29) is 0 Å². The molecule has 1 N–H and O–H groups in total. The molecule has 0 spiro atoms. The monoisotopic (exact) mass is 211 g/mol. The van der Waals surface area contributed by atoms with Crippen molar-refractivity contribution < 1.29 is 8.42 Å². The predicted octanol–water partition coefficient (Wildman–Crippen LogP) is 1.75. The van der Waals surface area contributed by atoms with Gasteiger partial charge in [-0.25, -0.2) is 8.42 Å². The van der Waals surface area contributed by atoms with Gasteiger partial charge in [0.05, 0.1) is 6.26 Å². The van der Waals surface area contributed by atoms with Crippen molar-refractivity contribution >= 4 is 18.1 Å². The molecule has 0 aromatic rings. The van der Waals surface area contributed by atoms with Crippen LogP contribution in [0, 0.1) is 0 Å². The zero-order chi connectivity index (χ0) is 9.61. The second-order valence-corrected chi connectivity index (χ2v) is 7.10. The summed E-state index contributed by atoms with van der Waals surface area (Å²) >= 11 is 0. The van der Waals surface area contributed by atoms with Crippen LogP contribution in [-0.4, -0.2) is 27.0 Å². The van der Waals surface area contributed by atoms with Crippen LogP contribution in [0.25, 0.3) is 0 Å². The lowest BCUT2D eigenvalue weighted by molar-refractivity contribution is 0.600. The Balaban J connectivity index is 3.95. The van der Waals surface area contributed by atoms with Gasteiger partial charge in [0.1, 0.15) is 0 Å². The quantitative estimate of drug-likeness (QED) is 0.680. The summed E-state index contributed by atoms with van der Waals surface area (Å²) in [5.74, 6) is 0. The van der Waals surface area contributed by atoms with E-state index in [1.807, 2.05) is 0 Å². The molecule has 0 rings (SSSR count). The van der Waals surface area contributed by atoms with E-state index in [1.165, 1.54) is 6.26 Å². The Labute approximate surface area is 76.8 Å². The molecule has 5 heteroatoms. The van der Waals surface area contributed by atoms with Crippen molar-refractivity contribution in [1.82, 2.24) is 4.49 Å². The van der Waals surface area contributed by atoms with Gasteiger partial charge in [0.15, 0.2) is 0 Å². The molecule has 0 fully saturated rings. The second kappa shape index (κ2) is 5.90. The first-order valence-corrected chi connectivity index (χ1v) is 7.82. The van der Waals surface area contributed by atoms with Crippen molar-refractivity contribution in [3.8, 4) is 0 Å². The Morgan fingerprint density at radius 2 is 1.58 bits per heavy atom. The van der Waals surface area contributed by atoms with Gasteiger partial charge in [-0.15, -0.1) is 0 Å². The predicted molar refractivity (Wildman–Crippen MR) is 55.2 cm³/mol. The molecular weight excluding hydrogens is 193 g/mol. The SMILES string of the molecule is CCCP(CCC)NS(C)(=O)=O. The molecule has 0 aliphatic carbocycles. The van der Waals surface area contributed by atoms with Crippen LogP contribution in [-0.2, 0) is 10.0 Å². The van der Waals surface area contributed by atoms with Crippen LogP contribution >= 0.6 is 8.07 Å². The molecule has 74 valence electrons. The Morgan fingerprint density at radius 1 is 1.17 bits per heavy atom. The van der Waals surface area contributed by atoms with Crippen LogP contribution in [0.1, 0.15) is 26.7 Å². The third-order valence-electron chi connectivity index (χ3n) is 1.28. The lowest BCUT2D eigenvalue weighted by atomic mass is 10.6. The Kier molecular flexibility index (Phi) is 6.06. The second-order valence-electron chi connectivity index (χ2n) is 2.85. The average Bonchev–Trinajstić information content (AvgIpc) is 1.84. The van der Waals surface area contributed by atoms with Crippen LogP contribution < -0.4 is 4.49 Å². The summed E-state index contributed by atoms with van der Waals surface area (Å²) in [6, 6.07) is 0. The van der Waals surface area contributed by atoms with E-state index in [0.717, 1.165) is 25.2 Å². The summed E-state index contributed by atoms with van der Waals surface area (Å²) in [4.78, 5) is 0. The highest BCUT2D eigenvalue weighted by Crippen LogP contribution is 2.32. The van der Waals surface area contributed by atoms with Gasteiger partial charge in [0, 0.05) is 0 Å². The Bertz CT molecular complexity index is 197. The van der Waals surface area contributed by atoms with Gasteiger partial charge in [-0.05, 0) is 20.4 Å². The maximum absolute atomic E-state index is 10.9. The molecule has 0 unspecified atom stereocenters.